The summed E-state index contributed by atoms with van der Waals surface area (Å²) < 4.78 is 7.11. The molecule has 6 heteroatoms. The van der Waals surface area contributed by atoms with Crippen LogP contribution in [0.25, 0.3) is 10.2 Å². The molecule has 4 rings (SSSR count). The van der Waals surface area contributed by atoms with Crippen LogP contribution in [0.5, 0.6) is 11.5 Å². The Morgan fingerprint density at radius 2 is 1.71 bits per heavy atom. The number of nitrogens with zero attached hydrogens (tertiary/aromatic N) is 2. The SMILES string of the molecule is Cc1sc2ncn(CC(=O)c3ccc(Oc4ccccc4)cc3)c(=O)c2c1C. The van der Waals surface area contributed by atoms with E-state index in [-0.39, 0.29) is 17.9 Å². The molecule has 2 aromatic carbocycles. The minimum absolute atomic E-state index is 0.0466. The summed E-state index contributed by atoms with van der Waals surface area (Å²) in [6.07, 6.45) is 1.45. The molecule has 0 saturated heterocycles. The second-order valence-corrected chi connectivity index (χ2v) is 7.71. The number of fused-ring (bicyclic) bond motifs is 1. The number of hydrogen-bond acceptors (Lipinski definition) is 5. The largest absolute Gasteiger partial charge is 0.457 e. The number of ketones is 1. The predicted octanol–water partition coefficient (Wildman–Crippen LogP) is 4.75. The standard InChI is InChI=1S/C22H18N2O3S/c1-14-15(2)28-21-20(14)22(26)24(13-23-21)12-19(25)16-8-10-18(11-9-16)27-17-6-4-3-5-7-17/h3-11,13H,12H2,1-2H3. The minimum atomic E-state index is -0.177. The van der Waals surface area contributed by atoms with E-state index in [1.165, 1.54) is 22.2 Å². The lowest BCUT2D eigenvalue weighted by Gasteiger charge is -2.07. The van der Waals surface area contributed by atoms with Crippen LogP contribution in [-0.4, -0.2) is 15.3 Å². The van der Waals surface area contributed by atoms with E-state index in [0.29, 0.717) is 21.5 Å². The van der Waals surface area contributed by atoms with Crippen LogP contribution in [0.2, 0.25) is 0 Å². The molecule has 0 saturated carbocycles. The zero-order chi connectivity index (χ0) is 19.7. The number of Topliss-reactive ketones (excluding diaryl/α,β-unsaturated/α-hetero) is 1. The van der Waals surface area contributed by atoms with Gasteiger partial charge < -0.3 is 4.74 Å². The summed E-state index contributed by atoms with van der Waals surface area (Å²) in [7, 11) is 0. The Kier molecular flexibility index (Phi) is 4.79. The lowest BCUT2D eigenvalue weighted by molar-refractivity contribution is 0.0970. The van der Waals surface area contributed by atoms with Gasteiger partial charge in [0.1, 0.15) is 16.3 Å². The lowest BCUT2D eigenvalue weighted by atomic mass is 10.1. The molecule has 0 fully saturated rings. The fraction of sp³-hybridized carbons (Fsp3) is 0.136. The second kappa shape index (κ2) is 7.40. The summed E-state index contributed by atoms with van der Waals surface area (Å²) in [4.78, 5) is 31.5. The molecular formula is C22H18N2O3S. The van der Waals surface area contributed by atoms with E-state index < -0.39 is 0 Å². The number of carbonyl (C=O) groups excluding carboxylic acids is 1. The van der Waals surface area contributed by atoms with Gasteiger partial charge in [-0.15, -0.1) is 11.3 Å². The van der Waals surface area contributed by atoms with Crippen molar-refractivity contribution in [2.45, 2.75) is 20.4 Å². The number of thiophene rings is 1. The van der Waals surface area contributed by atoms with Crippen LogP contribution in [0.4, 0.5) is 0 Å². The number of rotatable bonds is 5. The maximum absolute atomic E-state index is 12.7. The number of benzene rings is 2. The summed E-state index contributed by atoms with van der Waals surface area (Å²) in [5.41, 5.74) is 1.27. The Morgan fingerprint density at radius 3 is 2.43 bits per heavy atom. The quantitative estimate of drug-likeness (QED) is 0.461. The summed E-state index contributed by atoms with van der Waals surface area (Å²) in [6.45, 7) is 3.83. The van der Waals surface area contributed by atoms with Crippen molar-refractivity contribution < 1.29 is 9.53 Å². The molecule has 2 aromatic heterocycles. The number of hydrogen-bond donors (Lipinski definition) is 0. The van der Waals surface area contributed by atoms with Crippen LogP contribution in [0.1, 0.15) is 20.8 Å². The third kappa shape index (κ3) is 3.46. The number of carbonyl (C=O) groups is 1. The van der Waals surface area contributed by atoms with Crippen LogP contribution in [-0.2, 0) is 6.54 Å². The van der Waals surface area contributed by atoms with Crippen molar-refractivity contribution in [1.82, 2.24) is 9.55 Å². The third-order valence-corrected chi connectivity index (χ3v) is 5.74. The van der Waals surface area contributed by atoms with E-state index in [4.69, 9.17) is 4.74 Å². The molecule has 0 bridgehead atoms. The van der Waals surface area contributed by atoms with Crippen molar-refractivity contribution in [3.05, 3.63) is 87.3 Å². The molecule has 0 spiro atoms. The minimum Gasteiger partial charge on any atom is -0.457 e. The Morgan fingerprint density at radius 1 is 1.04 bits per heavy atom. The number of ether oxygens (including phenoxy) is 1. The summed E-state index contributed by atoms with van der Waals surface area (Å²) in [5, 5.41) is 0.601. The van der Waals surface area contributed by atoms with Gasteiger partial charge in [0.25, 0.3) is 5.56 Å². The van der Waals surface area contributed by atoms with Gasteiger partial charge in [0.05, 0.1) is 18.3 Å². The molecule has 4 aromatic rings. The first-order valence-corrected chi connectivity index (χ1v) is 9.66. The molecule has 0 radical (unpaired) electrons. The zero-order valence-corrected chi connectivity index (χ0v) is 16.3. The molecule has 0 N–H and O–H groups in total. The summed E-state index contributed by atoms with van der Waals surface area (Å²) in [6, 6.07) is 16.3. The van der Waals surface area contributed by atoms with Gasteiger partial charge in [-0.3, -0.25) is 14.2 Å². The highest BCUT2D eigenvalue weighted by Gasteiger charge is 2.14. The maximum Gasteiger partial charge on any atom is 0.262 e. The molecule has 5 nitrogen and oxygen atoms in total. The van der Waals surface area contributed by atoms with Gasteiger partial charge in [-0.2, -0.15) is 0 Å². The Bertz CT molecular complexity index is 1210. The molecule has 0 amide bonds. The molecule has 0 aliphatic carbocycles. The van der Waals surface area contributed by atoms with E-state index in [1.807, 2.05) is 44.2 Å². The average molecular weight is 390 g/mol. The van der Waals surface area contributed by atoms with Gasteiger partial charge in [0.15, 0.2) is 5.78 Å². The van der Waals surface area contributed by atoms with E-state index in [0.717, 1.165) is 16.2 Å². The molecule has 140 valence electrons. The molecule has 0 aliphatic rings. The zero-order valence-electron chi connectivity index (χ0n) is 15.5. The first-order chi connectivity index (χ1) is 13.5. The van der Waals surface area contributed by atoms with E-state index in [2.05, 4.69) is 4.98 Å². The van der Waals surface area contributed by atoms with Crippen LogP contribution in [0.15, 0.2) is 65.7 Å². The van der Waals surface area contributed by atoms with Crippen LogP contribution in [0.3, 0.4) is 0 Å². The van der Waals surface area contributed by atoms with Gasteiger partial charge in [-0.05, 0) is 55.8 Å². The summed E-state index contributed by atoms with van der Waals surface area (Å²) >= 11 is 1.50. The van der Waals surface area contributed by atoms with Crippen LogP contribution >= 0.6 is 11.3 Å². The number of aromatic nitrogens is 2. The monoisotopic (exact) mass is 390 g/mol. The van der Waals surface area contributed by atoms with Gasteiger partial charge in [0, 0.05) is 10.4 Å². The maximum atomic E-state index is 12.7. The molecule has 2 heterocycles. The molecular weight excluding hydrogens is 372 g/mol. The topological polar surface area (TPSA) is 61.2 Å². The van der Waals surface area contributed by atoms with Gasteiger partial charge >= 0.3 is 0 Å². The lowest BCUT2D eigenvalue weighted by Crippen LogP contribution is -2.24. The highest BCUT2D eigenvalue weighted by Crippen LogP contribution is 2.25. The highest BCUT2D eigenvalue weighted by atomic mass is 32.1. The van der Waals surface area contributed by atoms with Gasteiger partial charge in [0.2, 0.25) is 0 Å². The first-order valence-electron chi connectivity index (χ1n) is 8.84. The molecule has 28 heavy (non-hydrogen) atoms. The van der Waals surface area contributed by atoms with Crippen molar-refractivity contribution in [1.29, 1.82) is 0 Å². The molecule has 0 atom stereocenters. The van der Waals surface area contributed by atoms with E-state index >= 15 is 0 Å². The Balaban J connectivity index is 1.54. The number of para-hydroxylation sites is 1. The van der Waals surface area contributed by atoms with Crippen LogP contribution in [0, 0.1) is 13.8 Å². The Labute approximate surface area is 165 Å². The Hall–Kier alpha value is -3.25. The third-order valence-electron chi connectivity index (χ3n) is 4.62. The van der Waals surface area contributed by atoms with Gasteiger partial charge in [-0.1, -0.05) is 18.2 Å². The smallest absolute Gasteiger partial charge is 0.262 e. The fourth-order valence-corrected chi connectivity index (χ4v) is 3.95. The molecule has 0 unspecified atom stereocenters. The van der Waals surface area contributed by atoms with Crippen molar-refractivity contribution in [2.75, 3.05) is 0 Å². The second-order valence-electron chi connectivity index (χ2n) is 6.50. The normalized spacial score (nSPS) is 10.9. The van der Waals surface area contributed by atoms with Gasteiger partial charge in [-0.25, -0.2) is 4.98 Å². The summed E-state index contributed by atoms with van der Waals surface area (Å²) in [5.74, 6) is 1.22. The highest BCUT2D eigenvalue weighted by molar-refractivity contribution is 7.18. The van der Waals surface area contributed by atoms with Crippen LogP contribution < -0.4 is 10.3 Å². The van der Waals surface area contributed by atoms with Crippen molar-refractivity contribution in [3.63, 3.8) is 0 Å². The van der Waals surface area contributed by atoms with Crippen molar-refractivity contribution >= 4 is 27.3 Å². The first kappa shape index (κ1) is 18.1. The average Bonchev–Trinajstić information content (AvgIpc) is 3.00. The van der Waals surface area contributed by atoms with E-state index in [9.17, 15) is 9.59 Å². The fourth-order valence-electron chi connectivity index (χ4n) is 2.96. The number of aryl methyl sites for hydroxylation is 2. The molecule has 0 aliphatic heterocycles. The predicted molar refractivity (Wildman–Crippen MR) is 111 cm³/mol. The van der Waals surface area contributed by atoms with Crippen molar-refractivity contribution in [2.24, 2.45) is 0 Å². The van der Waals surface area contributed by atoms with Crippen molar-refractivity contribution in [3.8, 4) is 11.5 Å². The van der Waals surface area contributed by atoms with E-state index in [1.54, 1.807) is 24.3 Å².